The number of hydrogen-bond donors (Lipinski definition) is 2. The Morgan fingerprint density at radius 3 is 2.39 bits per heavy atom. The van der Waals surface area contributed by atoms with Gasteiger partial charge in [-0.3, -0.25) is 4.99 Å². The molecule has 0 unspecified atom stereocenters. The summed E-state index contributed by atoms with van der Waals surface area (Å²) >= 11 is 0. The number of benzene rings is 1. The second kappa shape index (κ2) is 10.2. The minimum atomic E-state index is 0. The van der Waals surface area contributed by atoms with E-state index in [0.717, 1.165) is 32.0 Å². The molecule has 1 aromatic carbocycles. The molecule has 1 aromatic rings. The number of nitrogens with one attached hydrogen (secondary N) is 2. The third-order valence-corrected chi connectivity index (χ3v) is 2.44. The number of guanidine groups is 1. The molecule has 0 aromatic heterocycles. The molecule has 2 N–H and O–H groups in total. The zero-order valence-electron chi connectivity index (χ0n) is 11.5. The van der Waals surface area contributed by atoms with Crippen molar-refractivity contribution in [1.29, 1.82) is 0 Å². The van der Waals surface area contributed by atoms with Gasteiger partial charge in [0.15, 0.2) is 5.96 Å². The molecule has 0 atom stereocenters. The lowest BCUT2D eigenvalue weighted by Crippen LogP contribution is -2.37. The van der Waals surface area contributed by atoms with E-state index >= 15 is 0 Å². The molecular weight excluding hydrogens is 337 g/mol. The summed E-state index contributed by atoms with van der Waals surface area (Å²) in [6, 6.07) is 8.59. The van der Waals surface area contributed by atoms with Crippen molar-refractivity contribution >= 4 is 29.9 Å². The lowest BCUT2D eigenvalue weighted by atomic mass is 10.1. The van der Waals surface area contributed by atoms with Gasteiger partial charge in [0.2, 0.25) is 0 Å². The fraction of sp³-hybridized carbons (Fsp3) is 0.500. The van der Waals surface area contributed by atoms with Crippen molar-refractivity contribution in [3.05, 3.63) is 35.4 Å². The first-order valence-electron chi connectivity index (χ1n) is 6.34. The molecule has 0 fully saturated rings. The maximum absolute atomic E-state index is 4.52. The van der Waals surface area contributed by atoms with Crippen LogP contribution < -0.4 is 10.6 Å². The SMILES string of the molecule is CCNC(=NCCc1cccc(C)c1)NCC.I. The first-order valence-corrected chi connectivity index (χ1v) is 6.34. The number of hydrogen-bond acceptors (Lipinski definition) is 1. The van der Waals surface area contributed by atoms with Gasteiger partial charge in [0.1, 0.15) is 0 Å². The molecule has 0 radical (unpaired) electrons. The highest BCUT2D eigenvalue weighted by Gasteiger charge is 1.95. The van der Waals surface area contributed by atoms with Crippen LogP contribution in [-0.4, -0.2) is 25.6 Å². The summed E-state index contributed by atoms with van der Waals surface area (Å²) in [6.45, 7) is 8.89. The summed E-state index contributed by atoms with van der Waals surface area (Å²) in [4.78, 5) is 4.52. The summed E-state index contributed by atoms with van der Waals surface area (Å²) < 4.78 is 0. The largest absolute Gasteiger partial charge is 0.357 e. The highest BCUT2D eigenvalue weighted by Crippen LogP contribution is 2.04. The van der Waals surface area contributed by atoms with E-state index < -0.39 is 0 Å². The molecule has 0 amide bonds. The van der Waals surface area contributed by atoms with E-state index in [0.29, 0.717) is 0 Å². The highest BCUT2D eigenvalue weighted by atomic mass is 127. The molecule has 0 aliphatic rings. The first kappa shape index (κ1) is 17.2. The van der Waals surface area contributed by atoms with E-state index in [9.17, 15) is 0 Å². The Hall–Kier alpha value is -0.780. The fourth-order valence-electron chi connectivity index (χ4n) is 1.67. The minimum Gasteiger partial charge on any atom is -0.357 e. The third-order valence-electron chi connectivity index (χ3n) is 2.44. The van der Waals surface area contributed by atoms with Crippen molar-refractivity contribution in [1.82, 2.24) is 10.6 Å². The highest BCUT2D eigenvalue weighted by molar-refractivity contribution is 14.0. The Morgan fingerprint density at radius 2 is 1.83 bits per heavy atom. The lowest BCUT2D eigenvalue weighted by molar-refractivity contribution is 0.833. The van der Waals surface area contributed by atoms with Gasteiger partial charge in [-0.2, -0.15) is 0 Å². The zero-order chi connectivity index (χ0) is 12.5. The van der Waals surface area contributed by atoms with E-state index in [4.69, 9.17) is 0 Å². The Bertz CT molecular complexity index is 356. The van der Waals surface area contributed by atoms with Crippen LogP contribution in [0.5, 0.6) is 0 Å². The normalized spacial score (nSPS) is 9.28. The summed E-state index contributed by atoms with van der Waals surface area (Å²) in [7, 11) is 0. The maximum Gasteiger partial charge on any atom is 0.191 e. The Morgan fingerprint density at radius 1 is 1.17 bits per heavy atom. The Labute approximate surface area is 127 Å². The van der Waals surface area contributed by atoms with E-state index in [1.165, 1.54) is 11.1 Å². The molecule has 0 bridgehead atoms. The van der Waals surface area contributed by atoms with Gasteiger partial charge in [-0.05, 0) is 32.8 Å². The molecule has 0 heterocycles. The standard InChI is InChI=1S/C14H23N3.HI/c1-4-15-14(16-5-2)17-10-9-13-8-6-7-12(3)11-13;/h6-8,11H,4-5,9-10H2,1-3H3,(H2,15,16,17);1H. The number of aliphatic imine (C=N–C) groups is 1. The van der Waals surface area contributed by atoms with Crippen LogP contribution in [0.15, 0.2) is 29.3 Å². The monoisotopic (exact) mass is 361 g/mol. The van der Waals surface area contributed by atoms with Crippen molar-refractivity contribution in [3.8, 4) is 0 Å². The second-order valence-electron chi connectivity index (χ2n) is 4.03. The predicted octanol–water partition coefficient (Wildman–Crippen LogP) is 2.73. The quantitative estimate of drug-likeness (QED) is 0.481. The molecule has 0 spiro atoms. The zero-order valence-corrected chi connectivity index (χ0v) is 13.8. The van der Waals surface area contributed by atoms with Gasteiger partial charge in [0, 0.05) is 19.6 Å². The topological polar surface area (TPSA) is 36.4 Å². The van der Waals surface area contributed by atoms with E-state index in [1.807, 2.05) is 0 Å². The summed E-state index contributed by atoms with van der Waals surface area (Å²) in [6.07, 6.45) is 0.988. The third kappa shape index (κ3) is 6.83. The summed E-state index contributed by atoms with van der Waals surface area (Å²) in [5, 5.41) is 6.44. The number of halogens is 1. The molecule has 1 rings (SSSR count). The Balaban J connectivity index is 0.00000289. The molecule has 102 valence electrons. The van der Waals surface area contributed by atoms with Crippen LogP contribution in [0, 0.1) is 6.92 Å². The summed E-state index contributed by atoms with van der Waals surface area (Å²) in [5.74, 6) is 0.905. The number of nitrogens with zero attached hydrogens (tertiary/aromatic N) is 1. The van der Waals surface area contributed by atoms with E-state index in [2.05, 4.69) is 60.7 Å². The molecule has 0 saturated heterocycles. The van der Waals surface area contributed by atoms with Gasteiger partial charge in [0.25, 0.3) is 0 Å². The van der Waals surface area contributed by atoms with Crippen molar-refractivity contribution in [2.75, 3.05) is 19.6 Å². The molecule has 4 heteroatoms. The predicted molar refractivity (Wildman–Crippen MR) is 90.0 cm³/mol. The first-order chi connectivity index (χ1) is 8.26. The number of rotatable bonds is 5. The molecular formula is C14H24IN3. The van der Waals surface area contributed by atoms with E-state index in [-0.39, 0.29) is 24.0 Å². The van der Waals surface area contributed by atoms with Gasteiger partial charge in [-0.1, -0.05) is 29.8 Å². The molecule has 18 heavy (non-hydrogen) atoms. The van der Waals surface area contributed by atoms with Crippen LogP contribution in [0.2, 0.25) is 0 Å². The van der Waals surface area contributed by atoms with Crippen LogP contribution in [-0.2, 0) is 6.42 Å². The van der Waals surface area contributed by atoms with Crippen LogP contribution in [0.25, 0.3) is 0 Å². The van der Waals surface area contributed by atoms with Crippen molar-refractivity contribution in [2.45, 2.75) is 27.2 Å². The van der Waals surface area contributed by atoms with Crippen LogP contribution in [0.3, 0.4) is 0 Å². The van der Waals surface area contributed by atoms with Gasteiger partial charge in [-0.15, -0.1) is 24.0 Å². The maximum atomic E-state index is 4.52. The smallest absolute Gasteiger partial charge is 0.191 e. The fourth-order valence-corrected chi connectivity index (χ4v) is 1.67. The average molecular weight is 361 g/mol. The van der Waals surface area contributed by atoms with Crippen molar-refractivity contribution in [2.24, 2.45) is 4.99 Å². The van der Waals surface area contributed by atoms with Crippen molar-refractivity contribution in [3.63, 3.8) is 0 Å². The summed E-state index contributed by atoms with van der Waals surface area (Å²) in [5.41, 5.74) is 2.66. The van der Waals surface area contributed by atoms with Crippen LogP contribution in [0.4, 0.5) is 0 Å². The number of aryl methyl sites for hydroxylation is 1. The van der Waals surface area contributed by atoms with Gasteiger partial charge in [-0.25, -0.2) is 0 Å². The molecule has 0 saturated carbocycles. The van der Waals surface area contributed by atoms with Crippen molar-refractivity contribution < 1.29 is 0 Å². The second-order valence-corrected chi connectivity index (χ2v) is 4.03. The van der Waals surface area contributed by atoms with Gasteiger partial charge >= 0.3 is 0 Å². The van der Waals surface area contributed by atoms with E-state index in [1.54, 1.807) is 0 Å². The lowest BCUT2D eigenvalue weighted by Gasteiger charge is -2.09. The van der Waals surface area contributed by atoms with Gasteiger partial charge < -0.3 is 10.6 Å². The minimum absolute atomic E-state index is 0. The average Bonchev–Trinajstić information content (AvgIpc) is 2.30. The van der Waals surface area contributed by atoms with Crippen LogP contribution in [0.1, 0.15) is 25.0 Å². The molecule has 0 aliphatic carbocycles. The molecule has 0 aliphatic heterocycles. The Kier molecular flexibility index (Phi) is 9.73. The molecule has 3 nitrogen and oxygen atoms in total. The van der Waals surface area contributed by atoms with Gasteiger partial charge in [0.05, 0.1) is 0 Å². The van der Waals surface area contributed by atoms with Crippen LogP contribution >= 0.6 is 24.0 Å².